The van der Waals surface area contributed by atoms with E-state index in [1.807, 2.05) is 6.92 Å². The van der Waals surface area contributed by atoms with Gasteiger partial charge >= 0.3 is 5.69 Å². The molecule has 0 bridgehead atoms. The number of amides is 2. The minimum Gasteiger partial charge on any atom is -0.365 e. The maximum Gasteiger partial charge on any atom is 0.343 e. The summed E-state index contributed by atoms with van der Waals surface area (Å²) in [7, 11) is 0. The van der Waals surface area contributed by atoms with Crippen molar-refractivity contribution in [2.45, 2.75) is 44.3 Å². The molecule has 4 N–H and O–H groups in total. The van der Waals surface area contributed by atoms with Crippen molar-refractivity contribution in [1.29, 1.82) is 0 Å². The van der Waals surface area contributed by atoms with Crippen LogP contribution in [0.5, 0.6) is 0 Å². The molecule has 10 heteroatoms. The van der Waals surface area contributed by atoms with Gasteiger partial charge in [-0.05, 0) is 31.2 Å². The van der Waals surface area contributed by atoms with Crippen LogP contribution in [0.1, 0.15) is 40.6 Å². The molecule has 2 heterocycles. The lowest BCUT2D eigenvalue weighted by molar-refractivity contribution is -0.113. The zero-order chi connectivity index (χ0) is 18.0. The van der Waals surface area contributed by atoms with E-state index in [1.54, 1.807) is 0 Å². The summed E-state index contributed by atoms with van der Waals surface area (Å²) in [6.07, 6.45) is 3.55. The van der Waals surface area contributed by atoms with Crippen molar-refractivity contribution in [3.8, 4) is 0 Å². The molecule has 0 spiro atoms. The van der Waals surface area contributed by atoms with Crippen molar-refractivity contribution < 1.29 is 9.59 Å². The van der Waals surface area contributed by atoms with E-state index in [0.29, 0.717) is 22.3 Å². The topological polar surface area (TPSA) is 123 Å². The van der Waals surface area contributed by atoms with Crippen LogP contribution in [0.25, 0.3) is 0 Å². The standard InChI is InChI=1S/C15H19N5O3S2/c1-2-6-20-14(23)18-19-15(20)24-7-10(21)17-13-11(12(16)22)8-4-3-5-9(8)25-13/h2-7H2,1H3,(H2,16,22)(H,17,21)(H,18,23). The highest BCUT2D eigenvalue weighted by Gasteiger charge is 2.26. The number of thioether (sulfide) groups is 1. The molecule has 1 aliphatic rings. The van der Waals surface area contributed by atoms with Crippen LogP contribution in [0.3, 0.4) is 0 Å². The lowest BCUT2D eigenvalue weighted by atomic mass is 10.1. The molecule has 0 aromatic carbocycles. The number of fused-ring (bicyclic) bond motifs is 1. The Morgan fingerprint density at radius 2 is 2.24 bits per heavy atom. The third-order valence-corrected chi connectivity index (χ3v) is 6.11. The maximum atomic E-state index is 12.3. The van der Waals surface area contributed by atoms with Crippen LogP contribution < -0.4 is 16.7 Å². The molecule has 2 aromatic rings. The van der Waals surface area contributed by atoms with Gasteiger partial charge in [-0.25, -0.2) is 9.89 Å². The molecule has 8 nitrogen and oxygen atoms in total. The molecule has 2 aromatic heterocycles. The first-order valence-electron chi connectivity index (χ1n) is 8.03. The van der Waals surface area contributed by atoms with Crippen molar-refractivity contribution in [2.75, 3.05) is 11.1 Å². The lowest BCUT2D eigenvalue weighted by Crippen LogP contribution is -2.20. The van der Waals surface area contributed by atoms with Crippen LogP contribution in [0.4, 0.5) is 5.00 Å². The maximum absolute atomic E-state index is 12.3. The van der Waals surface area contributed by atoms with Crippen molar-refractivity contribution in [2.24, 2.45) is 5.73 Å². The summed E-state index contributed by atoms with van der Waals surface area (Å²) in [5, 5.41) is 10.1. The molecule has 0 saturated heterocycles. The van der Waals surface area contributed by atoms with Gasteiger partial charge in [-0.3, -0.25) is 14.2 Å². The van der Waals surface area contributed by atoms with Gasteiger partial charge in [0.05, 0.1) is 11.3 Å². The molecule has 134 valence electrons. The van der Waals surface area contributed by atoms with Gasteiger partial charge in [-0.15, -0.1) is 16.4 Å². The van der Waals surface area contributed by atoms with Gasteiger partial charge < -0.3 is 11.1 Å². The number of nitrogens with zero attached hydrogens (tertiary/aromatic N) is 2. The molecule has 2 amide bonds. The smallest absolute Gasteiger partial charge is 0.343 e. The second-order valence-electron chi connectivity index (χ2n) is 5.73. The summed E-state index contributed by atoms with van der Waals surface area (Å²) in [5.41, 5.74) is 6.63. The first-order chi connectivity index (χ1) is 12.0. The van der Waals surface area contributed by atoms with Crippen LogP contribution in [0.2, 0.25) is 0 Å². The second-order valence-corrected chi connectivity index (χ2v) is 7.77. The third-order valence-electron chi connectivity index (χ3n) is 3.92. The highest BCUT2D eigenvalue weighted by atomic mass is 32.2. The van der Waals surface area contributed by atoms with E-state index in [2.05, 4.69) is 15.5 Å². The molecule has 0 radical (unpaired) electrons. The SMILES string of the molecule is CCCn1c(SCC(=O)Nc2sc3c(c2C(N)=O)CCC3)n[nH]c1=O. The largest absolute Gasteiger partial charge is 0.365 e. The van der Waals surface area contributed by atoms with Gasteiger partial charge in [0.15, 0.2) is 5.16 Å². The highest BCUT2D eigenvalue weighted by Crippen LogP contribution is 2.38. The fourth-order valence-corrected chi connectivity index (χ4v) is 4.96. The zero-order valence-electron chi connectivity index (χ0n) is 13.8. The van der Waals surface area contributed by atoms with Crippen LogP contribution in [0.15, 0.2) is 9.95 Å². The molecule has 25 heavy (non-hydrogen) atoms. The van der Waals surface area contributed by atoms with Crippen molar-refractivity contribution >= 4 is 39.9 Å². The number of rotatable bonds is 7. The van der Waals surface area contributed by atoms with E-state index in [1.165, 1.54) is 27.7 Å². The van der Waals surface area contributed by atoms with E-state index in [-0.39, 0.29) is 17.3 Å². The van der Waals surface area contributed by atoms with Gasteiger partial charge in [0.25, 0.3) is 5.91 Å². The van der Waals surface area contributed by atoms with Crippen LogP contribution in [-0.2, 0) is 24.2 Å². The molecule has 0 unspecified atom stereocenters. The number of thiophene rings is 1. The van der Waals surface area contributed by atoms with Gasteiger partial charge in [0.2, 0.25) is 5.91 Å². The fraction of sp³-hybridized carbons (Fsp3) is 0.467. The molecule has 3 rings (SSSR count). The molecular formula is C15H19N5O3S2. The number of anilines is 1. The first-order valence-corrected chi connectivity index (χ1v) is 9.83. The molecule has 0 saturated carbocycles. The van der Waals surface area contributed by atoms with E-state index in [9.17, 15) is 14.4 Å². The minimum atomic E-state index is -0.508. The van der Waals surface area contributed by atoms with Gasteiger partial charge in [-0.1, -0.05) is 18.7 Å². The number of nitrogens with two attached hydrogens (primary N) is 1. The number of aryl methyl sites for hydroxylation is 1. The summed E-state index contributed by atoms with van der Waals surface area (Å²) < 4.78 is 1.51. The number of carbonyl (C=O) groups is 2. The molecule has 1 aliphatic carbocycles. The van der Waals surface area contributed by atoms with Crippen molar-refractivity contribution in [1.82, 2.24) is 14.8 Å². The minimum absolute atomic E-state index is 0.0920. The van der Waals surface area contributed by atoms with E-state index >= 15 is 0 Å². The number of hydrogen-bond donors (Lipinski definition) is 3. The van der Waals surface area contributed by atoms with Gasteiger partial charge in [0, 0.05) is 11.4 Å². The number of aromatic amines is 1. The summed E-state index contributed by atoms with van der Waals surface area (Å²) in [5.74, 6) is -0.674. The Hall–Kier alpha value is -2.07. The summed E-state index contributed by atoms with van der Waals surface area (Å²) in [4.78, 5) is 36.8. The Balaban J connectivity index is 1.68. The van der Waals surface area contributed by atoms with E-state index in [0.717, 1.165) is 36.1 Å². The Morgan fingerprint density at radius 1 is 1.44 bits per heavy atom. The summed E-state index contributed by atoms with van der Waals surface area (Å²) >= 11 is 2.60. The summed E-state index contributed by atoms with van der Waals surface area (Å²) in [6.45, 7) is 2.50. The second kappa shape index (κ2) is 7.44. The van der Waals surface area contributed by atoms with Crippen LogP contribution >= 0.6 is 23.1 Å². The summed E-state index contributed by atoms with van der Waals surface area (Å²) in [6, 6.07) is 0. The average Bonchev–Trinajstić information content (AvgIpc) is 3.21. The number of aromatic nitrogens is 3. The van der Waals surface area contributed by atoms with Crippen molar-refractivity contribution in [3.05, 3.63) is 26.5 Å². The molecule has 0 atom stereocenters. The zero-order valence-corrected chi connectivity index (χ0v) is 15.4. The van der Waals surface area contributed by atoms with Crippen molar-refractivity contribution in [3.63, 3.8) is 0 Å². The van der Waals surface area contributed by atoms with Gasteiger partial charge in [-0.2, -0.15) is 0 Å². The quantitative estimate of drug-likeness (QED) is 0.625. The predicted octanol–water partition coefficient (Wildman–Crippen LogP) is 1.36. The molecule has 0 fully saturated rings. The Bertz CT molecular complexity index is 867. The lowest BCUT2D eigenvalue weighted by Gasteiger charge is -2.06. The average molecular weight is 381 g/mol. The predicted molar refractivity (Wildman–Crippen MR) is 97.4 cm³/mol. The normalized spacial score (nSPS) is 13.0. The third kappa shape index (κ3) is 3.64. The molecular weight excluding hydrogens is 362 g/mol. The Kier molecular flexibility index (Phi) is 5.28. The van der Waals surface area contributed by atoms with E-state index < -0.39 is 5.91 Å². The van der Waals surface area contributed by atoms with E-state index in [4.69, 9.17) is 5.73 Å². The molecule has 0 aliphatic heterocycles. The Morgan fingerprint density at radius 3 is 2.96 bits per heavy atom. The van der Waals surface area contributed by atoms with Crippen LogP contribution in [-0.4, -0.2) is 32.3 Å². The van der Waals surface area contributed by atoms with Crippen LogP contribution in [0, 0.1) is 0 Å². The highest BCUT2D eigenvalue weighted by molar-refractivity contribution is 7.99. The van der Waals surface area contributed by atoms with Gasteiger partial charge in [0.1, 0.15) is 5.00 Å². The Labute approximate surface area is 152 Å². The number of H-pyrrole nitrogens is 1. The number of nitrogens with one attached hydrogen (secondary N) is 2. The fourth-order valence-electron chi connectivity index (χ4n) is 2.88. The first kappa shape index (κ1) is 17.7. The number of carbonyl (C=O) groups excluding carboxylic acids is 2. The monoisotopic (exact) mass is 381 g/mol. The number of hydrogen-bond acceptors (Lipinski definition) is 6. The number of primary amides is 1.